The van der Waals surface area contributed by atoms with Crippen LogP contribution in [0.15, 0.2) is 35.9 Å². The molecule has 2 rings (SSSR count). The molecule has 3 heteroatoms. The van der Waals surface area contributed by atoms with Crippen LogP contribution in [0.1, 0.15) is 30.4 Å². The SMILES string of the molecule is N#Cc1ccc(C#CCCC2=CC(=O)OCC2)cc1. The minimum atomic E-state index is -0.249. The fourth-order valence-corrected chi connectivity index (χ4v) is 1.78. The number of hydrogen-bond donors (Lipinski definition) is 0. The van der Waals surface area contributed by atoms with Gasteiger partial charge in [0.1, 0.15) is 0 Å². The van der Waals surface area contributed by atoms with E-state index in [0.717, 1.165) is 30.4 Å². The molecule has 0 saturated heterocycles. The third-order valence-corrected chi connectivity index (χ3v) is 2.81. The molecule has 1 aliphatic heterocycles. The second-order valence-electron chi connectivity index (χ2n) is 4.21. The van der Waals surface area contributed by atoms with Crippen molar-refractivity contribution in [2.75, 3.05) is 6.61 Å². The van der Waals surface area contributed by atoms with Crippen LogP contribution in [0.4, 0.5) is 0 Å². The third kappa shape index (κ3) is 4.01. The lowest BCUT2D eigenvalue weighted by Gasteiger charge is -2.11. The number of cyclic esters (lactones) is 1. The molecule has 0 amide bonds. The van der Waals surface area contributed by atoms with E-state index < -0.39 is 0 Å². The maximum absolute atomic E-state index is 11.0. The summed E-state index contributed by atoms with van der Waals surface area (Å²) in [5, 5.41) is 8.68. The van der Waals surface area contributed by atoms with E-state index in [-0.39, 0.29) is 5.97 Å². The first-order valence-corrected chi connectivity index (χ1v) is 6.13. The zero-order valence-electron chi connectivity index (χ0n) is 10.5. The van der Waals surface area contributed by atoms with Crippen LogP contribution in [0.2, 0.25) is 0 Å². The van der Waals surface area contributed by atoms with Crippen LogP contribution in [-0.2, 0) is 9.53 Å². The minimum absolute atomic E-state index is 0.249. The maximum atomic E-state index is 11.0. The van der Waals surface area contributed by atoms with Crippen molar-refractivity contribution in [3.63, 3.8) is 0 Å². The van der Waals surface area contributed by atoms with Gasteiger partial charge in [0.05, 0.1) is 18.2 Å². The lowest BCUT2D eigenvalue weighted by molar-refractivity contribution is -0.138. The second kappa shape index (κ2) is 6.42. The Morgan fingerprint density at radius 2 is 1.95 bits per heavy atom. The summed E-state index contributed by atoms with van der Waals surface area (Å²) < 4.78 is 4.83. The van der Waals surface area contributed by atoms with Crippen molar-refractivity contribution in [3.05, 3.63) is 47.0 Å². The zero-order chi connectivity index (χ0) is 13.5. The lowest BCUT2D eigenvalue weighted by atomic mass is 10.1. The summed E-state index contributed by atoms with van der Waals surface area (Å²) in [6.45, 7) is 0.480. The highest BCUT2D eigenvalue weighted by Gasteiger charge is 2.09. The van der Waals surface area contributed by atoms with Crippen molar-refractivity contribution in [3.8, 4) is 17.9 Å². The Kier molecular flexibility index (Phi) is 4.37. The van der Waals surface area contributed by atoms with Crippen molar-refractivity contribution < 1.29 is 9.53 Å². The van der Waals surface area contributed by atoms with Gasteiger partial charge in [-0.3, -0.25) is 0 Å². The number of benzene rings is 1. The molecule has 0 saturated carbocycles. The van der Waals surface area contributed by atoms with Gasteiger partial charge in [-0.1, -0.05) is 17.4 Å². The van der Waals surface area contributed by atoms with Gasteiger partial charge in [0.25, 0.3) is 0 Å². The first-order chi connectivity index (χ1) is 9.28. The summed E-state index contributed by atoms with van der Waals surface area (Å²) in [5.41, 5.74) is 2.64. The highest BCUT2D eigenvalue weighted by molar-refractivity contribution is 5.83. The fourth-order valence-electron chi connectivity index (χ4n) is 1.78. The van der Waals surface area contributed by atoms with Crippen LogP contribution >= 0.6 is 0 Å². The van der Waals surface area contributed by atoms with Gasteiger partial charge >= 0.3 is 5.97 Å². The Balaban J connectivity index is 1.87. The van der Waals surface area contributed by atoms with Crippen molar-refractivity contribution >= 4 is 5.97 Å². The van der Waals surface area contributed by atoms with E-state index in [1.165, 1.54) is 0 Å². The molecule has 1 aromatic rings. The molecule has 0 fully saturated rings. The molecule has 0 aliphatic carbocycles. The number of ether oxygens (including phenoxy) is 1. The molecule has 1 heterocycles. The summed E-state index contributed by atoms with van der Waals surface area (Å²) in [6.07, 6.45) is 3.90. The Bertz CT molecular complexity index is 594. The molecule has 1 aromatic carbocycles. The molecule has 0 spiro atoms. The van der Waals surface area contributed by atoms with E-state index in [9.17, 15) is 4.79 Å². The molecule has 94 valence electrons. The van der Waals surface area contributed by atoms with E-state index in [0.29, 0.717) is 12.2 Å². The first kappa shape index (κ1) is 12.9. The largest absolute Gasteiger partial charge is 0.462 e. The molecule has 19 heavy (non-hydrogen) atoms. The number of esters is 1. The molecule has 0 atom stereocenters. The summed E-state index contributed by atoms with van der Waals surface area (Å²) in [4.78, 5) is 11.0. The van der Waals surface area contributed by atoms with E-state index in [1.54, 1.807) is 18.2 Å². The van der Waals surface area contributed by atoms with Crippen molar-refractivity contribution in [1.29, 1.82) is 5.26 Å². The molecule has 0 radical (unpaired) electrons. The van der Waals surface area contributed by atoms with Crippen LogP contribution in [0.5, 0.6) is 0 Å². The Hall–Kier alpha value is -2.52. The molecule has 3 nitrogen and oxygen atoms in total. The highest BCUT2D eigenvalue weighted by Crippen LogP contribution is 2.14. The normalized spacial score (nSPS) is 13.6. The highest BCUT2D eigenvalue weighted by atomic mass is 16.5. The summed E-state index contributed by atoms with van der Waals surface area (Å²) in [5.74, 6) is 5.87. The maximum Gasteiger partial charge on any atom is 0.330 e. The van der Waals surface area contributed by atoms with Gasteiger partial charge in [-0.25, -0.2) is 4.79 Å². The van der Waals surface area contributed by atoms with E-state index in [4.69, 9.17) is 10.00 Å². The van der Waals surface area contributed by atoms with Gasteiger partial charge in [-0.15, -0.1) is 0 Å². The van der Waals surface area contributed by atoms with E-state index >= 15 is 0 Å². The predicted octanol–water partition coefficient (Wildman–Crippen LogP) is 2.56. The van der Waals surface area contributed by atoms with Crippen LogP contribution in [0, 0.1) is 23.2 Å². The quantitative estimate of drug-likeness (QED) is 0.599. The van der Waals surface area contributed by atoms with Crippen molar-refractivity contribution in [2.45, 2.75) is 19.3 Å². The molecule has 0 bridgehead atoms. The van der Waals surface area contributed by atoms with Gasteiger partial charge in [0.15, 0.2) is 0 Å². The number of nitriles is 1. The van der Waals surface area contributed by atoms with Gasteiger partial charge in [-0.2, -0.15) is 5.26 Å². The Morgan fingerprint density at radius 3 is 2.63 bits per heavy atom. The molecule has 0 unspecified atom stereocenters. The Labute approximate surface area is 112 Å². The molecule has 0 aromatic heterocycles. The van der Waals surface area contributed by atoms with Crippen molar-refractivity contribution in [2.24, 2.45) is 0 Å². The number of carbonyl (C=O) groups is 1. The van der Waals surface area contributed by atoms with E-state index in [1.807, 2.05) is 12.1 Å². The topological polar surface area (TPSA) is 50.1 Å². The fraction of sp³-hybridized carbons (Fsp3) is 0.250. The number of carbonyl (C=O) groups excluding carboxylic acids is 1. The van der Waals surface area contributed by atoms with Gasteiger partial charge < -0.3 is 4.74 Å². The van der Waals surface area contributed by atoms with Crippen LogP contribution in [0.25, 0.3) is 0 Å². The van der Waals surface area contributed by atoms with Gasteiger partial charge in [0, 0.05) is 24.5 Å². The summed E-state index contributed by atoms with van der Waals surface area (Å²) in [6, 6.07) is 9.25. The smallest absolute Gasteiger partial charge is 0.330 e. The zero-order valence-corrected chi connectivity index (χ0v) is 10.5. The molecular formula is C16H13NO2. The average Bonchev–Trinajstić information content (AvgIpc) is 2.44. The van der Waals surface area contributed by atoms with E-state index in [2.05, 4.69) is 17.9 Å². The standard InChI is InChI=1S/C16H13NO2/c17-12-15-7-5-13(6-8-15)3-1-2-4-14-9-10-19-16(18)11-14/h5-8,11H,2,4,9-10H2. The predicted molar refractivity (Wildman–Crippen MR) is 70.9 cm³/mol. The minimum Gasteiger partial charge on any atom is -0.462 e. The second-order valence-corrected chi connectivity index (χ2v) is 4.21. The van der Waals surface area contributed by atoms with Gasteiger partial charge in [-0.05, 0) is 30.7 Å². The average molecular weight is 251 g/mol. The summed E-state index contributed by atoms with van der Waals surface area (Å²) >= 11 is 0. The van der Waals surface area contributed by atoms with Crippen molar-refractivity contribution in [1.82, 2.24) is 0 Å². The molecule has 0 N–H and O–H groups in total. The van der Waals surface area contributed by atoms with Gasteiger partial charge in [0.2, 0.25) is 0 Å². The summed E-state index contributed by atoms with van der Waals surface area (Å²) in [7, 11) is 0. The monoisotopic (exact) mass is 251 g/mol. The Morgan fingerprint density at radius 1 is 1.21 bits per heavy atom. The number of rotatable bonds is 2. The molecular weight excluding hydrogens is 238 g/mol. The number of nitrogens with zero attached hydrogens (tertiary/aromatic N) is 1. The van der Waals surface area contributed by atoms with Crippen LogP contribution in [-0.4, -0.2) is 12.6 Å². The van der Waals surface area contributed by atoms with Crippen LogP contribution in [0.3, 0.4) is 0 Å². The lowest BCUT2D eigenvalue weighted by Crippen LogP contribution is -2.10. The number of hydrogen-bond acceptors (Lipinski definition) is 3. The molecule has 1 aliphatic rings. The van der Waals surface area contributed by atoms with Crippen LogP contribution < -0.4 is 0 Å². The third-order valence-electron chi connectivity index (χ3n) is 2.81. The first-order valence-electron chi connectivity index (χ1n) is 6.13.